The highest BCUT2D eigenvalue weighted by atomic mass is 28.2. The van der Waals surface area contributed by atoms with Gasteiger partial charge in [0.2, 0.25) is 0 Å². The molecule has 0 aromatic heterocycles. The molecule has 0 aromatic carbocycles. The maximum absolute atomic E-state index is 5.17. The van der Waals surface area contributed by atoms with Crippen LogP contribution in [0.1, 0.15) is 13.8 Å². The van der Waals surface area contributed by atoms with E-state index in [2.05, 4.69) is 6.92 Å². The summed E-state index contributed by atoms with van der Waals surface area (Å²) in [6.07, 6.45) is 0. The number of rotatable bonds is 5. The molecule has 50 valence electrons. The Labute approximate surface area is 54.3 Å². The quantitative estimate of drug-likeness (QED) is 0.401. The number of ether oxygens (including phenoxy) is 1. The van der Waals surface area contributed by atoms with Crippen LogP contribution < -0.4 is 0 Å². The van der Waals surface area contributed by atoms with Crippen molar-refractivity contribution in [3.05, 3.63) is 0 Å². The molecule has 1 nitrogen and oxygen atoms in total. The molecule has 0 aliphatic heterocycles. The lowest BCUT2D eigenvalue weighted by atomic mass is 10.8. The lowest BCUT2D eigenvalue weighted by Gasteiger charge is -1.96. The average molecular weight is 132 g/mol. The summed E-state index contributed by atoms with van der Waals surface area (Å²) in [5.41, 5.74) is 0. The Balaban J connectivity index is 2.53. The maximum atomic E-state index is 5.17. The van der Waals surface area contributed by atoms with Gasteiger partial charge in [0, 0.05) is 22.7 Å². The van der Waals surface area contributed by atoms with Crippen molar-refractivity contribution in [2.45, 2.75) is 25.9 Å². The summed E-state index contributed by atoms with van der Waals surface area (Å²) in [4.78, 5) is 0. The number of hydrogen-bond donors (Lipinski definition) is 0. The van der Waals surface area contributed by atoms with Gasteiger partial charge in [-0.25, -0.2) is 0 Å². The summed E-state index contributed by atoms with van der Waals surface area (Å²) in [7, 11) is 0.276. The third-order valence-electron chi connectivity index (χ3n) is 1.10. The predicted molar refractivity (Wildman–Crippen MR) is 40.3 cm³/mol. The van der Waals surface area contributed by atoms with Crippen molar-refractivity contribution in [2.75, 3.05) is 13.2 Å². The Morgan fingerprint density at radius 2 is 2.12 bits per heavy atom. The van der Waals surface area contributed by atoms with Crippen LogP contribution in [0, 0.1) is 0 Å². The molecule has 0 rings (SSSR count). The van der Waals surface area contributed by atoms with Crippen LogP contribution in [0.4, 0.5) is 0 Å². The second-order valence-electron chi connectivity index (χ2n) is 1.90. The van der Waals surface area contributed by atoms with Crippen molar-refractivity contribution in [1.29, 1.82) is 0 Å². The molecule has 2 heteroatoms. The molecule has 0 saturated heterocycles. The van der Waals surface area contributed by atoms with Crippen LogP contribution in [-0.4, -0.2) is 22.7 Å². The van der Waals surface area contributed by atoms with E-state index in [-0.39, 0.29) is 9.52 Å². The van der Waals surface area contributed by atoms with Crippen molar-refractivity contribution in [3.63, 3.8) is 0 Å². The Bertz CT molecular complexity index is 33.5. The minimum Gasteiger partial charge on any atom is -0.382 e. The van der Waals surface area contributed by atoms with Crippen molar-refractivity contribution in [1.82, 2.24) is 0 Å². The molecule has 0 N–H and O–H groups in total. The first kappa shape index (κ1) is 8.18. The van der Waals surface area contributed by atoms with Gasteiger partial charge in [-0.05, 0) is 13.0 Å². The first-order chi connectivity index (χ1) is 3.91. The third kappa shape index (κ3) is 6.18. The minimum absolute atomic E-state index is 0.276. The molecule has 0 radical (unpaired) electrons. The fourth-order valence-corrected chi connectivity index (χ4v) is 1.51. The highest BCUT2D eigenvalue weighted by molar-refractivity contribution is 6.35. The molecule has 0 amide bonds. The molecular formula is C6H16OSi. The summed E-state index contributed by atoms with van der Waals surface area (Å²) < 4.78 is 5.17. The highest BCUT2D eigenvalue weighted by Gasteiger charge is 1.83. The SMILES string of the molecule is CCOCC[SiH2]CC. The molecular weight excluding hydrogens is 116 g/mol. The van der Waals surface area contributed by atoms with Crippen LogP contribution >= 0.6 is 0 Å². The van der Waals surface area contributed by atoms with Crippen molar-refractivity contribution in [2.24, 2.45) is 0 Å². The monoisotopic (exact) mass is 132 g/mol. The summed E-state index contributed by atoms with van der Waals surface area (Å²) >= 11 is 0. The largest absolute Gasteiger partial charge is 0.382 e. The van der Waals surface area contributed by atoms with E-state index in [4.69, 9.17) is 4.74 Å². The molecule has 0 aliphatic rings. The van der Waals surface area contributed by atoms with Crippen LogP contribution in [0.5, 0.6) is 0 Å². The molecule has 0 aliphatic carbocycles. The molecule has 0 fully saturated rings. The lowest BCUT2D eigenvalue weighted by molar-refractivity contribution is 0.162. The van der Waals surface area contributed by atoms with E-state index in [1.54, 1.807) is 0 Å². The second kappa shape index (κ2) is 7.18. The average Bonchev–Trinajstić information content (AvgIpc) is 1.81. The molecule has 0 unspecified atom stereocenters. The van der Waals surface area contributed by atoms with Gasteiger partial charge in [0.1, 0.15) is 0 Å². The van der Waals surface area contributed by atoms with E-state index < -0.39 is 0 Å². The Morgan fingerprint density at radius 3 is 2.62 bits per heavy atom. The first-order valence-electron chi connectivity index (χ1n) is 3.49. The van der Waals surface area contributed by atoms with Crippen LogP contribution in [0.2, 0.25) is 12.1 Å². The maximum Gasteiger partial charge on any atom is 0.0437 e. The van der Waals surface area contributed by atoms with Gasteiger partial charge in [-0.15, -0.1) is 0 Å². The molecule has 8 heavy (non-hydrogen) atoms. The topological polar surface area (TPSA) is 9.23 Å². The third-order valence-corrected chi connectivity index (χ3v) is 2.59. The predicted octanol–water partition coefficient (Wildman–Crippen LogP) is 1.05. The van der Waals surface area contributed by atoms with Gasteiger partial charge in [0.15, 0.2) is 0 Å². The summed E-state index contributed by atoms with van der Waals surface area (Å²) in [5.74, 6) is 0. The number of hydrogen-bond acceptors (Lipinski definition) is 1. The zero-order valence-electron chi connectivity index (χ0n) is 5.94. The van der Waals surface area contributed by atoms with E-state index in [0.717, 1.165) is 13.2 Å². The van der Waals surface area contributed by atoms with Crippen molar-refractivity contribution >= 4 is 9.52 Å². The normalized spacial score (nSPS) is 11.2. The Morgan fingerprint density at radius 1 is 1.38 bits per heavy atom. The first-order valence-corrected chi connectivity index (χ1v) is 5.49. The highest BCUT2D eigenvalue weighted by Crippen LogP contribution is 1.84. The van der Waals surface area contributed by atoms with Crippen molar-refractivity contribution in [3.8, 4) is 0 Å². The molecule has 0 atom stereocenters. The standard InChI is InChI=1S/C6H16OSi/c1-3-7-5-6-8-4-2/h3-6,8H2,1-2H3. The fraction of sp³-hybridized carbons (Fsp3) is 1.00. The van der Waals surface area contributed by atoms with Gasteiger partial charge in [-0.1, -0.05) is 13.0 Å². The van der Waals surface area contributed by atoms with Gasteiger partial charge in [0.05, 0.1) is 0 Å². The van der Waals surface area contributed by atoms with Gasteiger partial charge in [-0.3, -0.25) is 0 Å². The minimum atomic E-state index is 0.276. The van der Waals surface area contributed by atoms with Gasteiger partial charge in [0.25, 0.3) is 0 Å². The van der Waals surface area contributed by atoms with Gasteiger partial charge in [-0.2, -0.15) is 0 Å². The zero-order valence-corrected chi connectivity index (χ0v) is 7.36. The van der Waals surface area contributed by atoms with Gasteiger partial charge < -0.3 is 4.74 Å². The van der Waals surface area contributed by atoms with Crippen molar-refractivity contribution < 1.29 is 4.74 Å². The van der Waals surface area contributed by atoms with Gasteiger partial charge >= 0.3 is 0 Å². The van der Waals surface area contributed by atoms with Crippen LogP contribution in [0.25, 0.3) is 0 Å². The molecule has 0 aromatic rings. The summed E-state index contributed by atoms with van der Waals surface area (Å²) in [6, 6.07) is 2.79. The Kier molecular flexibility index (Phi) is 7.34. The van der Waals surface area contributed by atoms with E-state index in [1.807, 2.05) is 6.92 Å². The molecule has 0 saturated carbocycles. The van der Waals surface area contributed by atoms with E-state index >= 15 is 0 Å². The van der Waals surface area contributed by atoms with E-state index in [9.17, 15) is 0 Å². The fourth-order valence-electron chi connectivity index (χ4n) is 0.598. The summed E-state index contributed by atoms with van der Waals surface area (Å²) in [6.45, 7) is 6.21. The molecule has 0 spiro atoms. The van der Waals surface area contributed by atoms with Crippen LogP contribution in [-0.2, 0) is 4.74 Å². The van der Waals surface area contributed by atoms with E-state index in [0.29, 0.717) is 0 Å². The lowest BCUT2D eigenvalue weighted by Crippen LogP contribution is -1.96. The van der Waals surface area contributed by atoms with Crippen LogP contribution in [0.15, 0.2) is 0 Å². The zero-order chi connectivity index (χ0) is 6.24. The molecule has 0 heterocycles. The Hall–Kier alpha value is 0.177. The van der Waals surface area contributed by atoms with Crippen LogP contribution in [0.3, 0.4) is 0 Å². The smallest absolute Gasteiger partial charge is 0.0437 e. The molecule has 0 bridgehead atoms. The second-order valence-corrected chi connectivity index (χ2v) is 4.32. The van der Waals surface area contributed by atoms with E-state index in [1.165, 1.54) is 12.1 Å². The summed E-state index contributed by atoms with van der Waals surface area (Å²) in [5, 5.41) is 0.